The van der Waals surface area contributed by atoms with Gasteiger partial charge in [-0.3, -0.25) is 4.79 Å². The molecule has 1 aliphatic carbocycles. The number of aromatic nitrogens is 6. The molecule has 0 spiro atoms. The fraction of sp³-hybridized carbons (Fsp3) is 0.227. The minimum atomic E-state index is -0.561. The van der Waals surface area contributed by atoms with Crippen LogP contribution in [0.25, 0.3) is 11.2 Å². The van der Waals surface area contributed by atoms with Crippen LogP contribution in [0.1, 0.15) is 52.3 Å². The quantitative estimate of drug-likeness (QED) is 0.374. The molecule has 5 heterocycles. The highest BCUT2D eigenvalue weighted by atomic mass is 79.9. The van der Waals surface area contributed by atoms with Crippen LogP contribution < -0.4 is 5.32 Å². The Hall–Kier alpha value is -3.60. The second kappa shape index (κ2) is 7.77. The molecular formula is C22H17BrFN7O2. The number of nitrogens with one attached hydrogen (secondary N) is 1. The summed E-state index contributed by atoms with van der Waals surface area (Å²) < 4.78 is 23.8. The fourth-order valence-electron chi connectivity index (χ4n) is 3.83. The summed E-state index contributed by atoms with van der Waals surface area (Å²) in [5.74, 6) is -0.232. The molecule has 1 saturated carbocycles. The van der Waals surface area contributed by atoms with Gasteiger partial charge in [-0.1, -0.05) is 6.07 Å². The van der Waals surface area contributed by atoms with Gasteiger partial charge in [-0.2, -0.15) is 0 Å². The van der Waals surface area contributed by atoms with E-state index in [1.807, 2.05) is 16.7 Å². The Balaban J connectivity index is 1.14. The van der Waals surface area contributed by atoms with Crippen LogP contribution in [-0.2, 0) is 13.0 Å². The summed E-state index contributed by atoms with van der Waals surface area (Å²) in [6, 6.07) is 5.71. The molecule has 5 aromatic rings. The highest BCUT2D eigenvalue weighted by Gasteiger charge is 2.24. The van der Waals surface area contributed by atoms with Crippen molar-refractivity contribution in [3.05, 3.63) is 82.1 Å². The predicted molar refractivity (Wildman–Crippen MR) is 118 cm³/mol. The van der Waals surface area contributed by atoms with E-state index >= 15 is 0 Å². The van der Waals surface area contributed by atoms with Crippen molar-refractivity contribution in [2.24, 2.45) is 0 Å². The molecule has 0 bridgehead atoms. The number of hydrogen-bond acceptors (Lipinski definition) is 6. The first-order valence-corrected chi connectivity index (χ1v) is 11.2. The number of carbonyl (C=O) groups is 1. The van der Waals surface area contributed by atoms with Crippen LogP contribution in [0.4, 0.5) is 4.39 Å². The lowest BCUT2D eigenvalue weighted by molar-refractivity contribution is 0.0914. The maximum atomic E-state index is 14.4. The van der Waals surface area contributed by atoms with Gasteiger partial charge in [0.2, 0.25) is 5.89 Å². The molecule has 5 aromatic heterocycles. The van der Waals surface area contributed by atoms with Crippen LogP contribution in [0.2, 0.25) is 0 Å². The Morgan fingerprint density at radius 1 is 1.21 bits per heavy atom. The maximum absolute atomic E-state index is 14.4. The number of halogens is 2. The molecule has 1 fully saturated rings. The standard InChI is InChI=1S/C22H17BrFN7O2/c23-15-5-6-30-11-26-16(20(30)19(15)24)8-25-21(32)22-29-28-18(33-22)7-14-10-31-9-13(12-1-2-12)3-4-17(31)27-14/h3-6,9-12H,1-2,7-8H2,(H,25,32). The zero-order chi connectivity index (χ0) is 22.5. The molecule has 0 unspecified atom stereocenters. The Morgan fingerprint density at radius 2 is 2.09 bits per heavy atom. The molecule has 0 saturated heterocycles. The Morgan fingerprint density at radius 3 is 2.94 bits per heavy atom. The van der Waals surface area contributed by atoms with Crippen molar-refractivity contribution >= 4 is 33.0 Å². The monoisotopic (exact) mass is 509 g/mol. The van der Waals surface area contributed by atoms with Crippen molar-refractivity contribution in [1.29, 1.82) is 0 Å². The van der Waals surface area contributed by atoms with E-state index in [1.165, 1.54) is 24.7 Å². The lowest BCUT2D eigenvalue weighted by Crippen LogP contribution is -2.23. The van der Waals surface area contributed by atoms with E-state index in [-0.39, 0.29) is 23.8 Å². The molecule has 1 aliphatic rings. The first-order valence-electron chi connectivity index (χ1n) is 10.4. The molecule has 6 rings (SSSR count). The average Bonchev–Trinajstić information content (AvgIpc) is 3.23. The van der Waals surface area contributed by atoms with Crippen molar-refractivity contribution in [1.82, 2.24) is 34.3 Å². The topological polar surface area (TPSA) is 103 Å². The molecule has 0 atom stereocenters. The SMILES string of the molecule is O=C(NCc1ncn2ccc(Br)c(F)c12)c1nnc(Cc2cn3cc(C4CC4)ccc3n2)o1. The third kappa shape index (κ3) is 3.78. The summed E-state index contributed by atoms with van der Waals surface area (Å²) in [7, 11) is 0. The predicted octanol–water partition coefficient (Wildman–Crippen LogP) is 3.66. The van der Waals surface area contributed by atoms with Gasteiger partial charge in [0, 0.05) is 18.6 Å². The maximum Gasteiger partial charge on any atom is 0.309 e. The van der Waals surface area contributed by atoms with Gasteiger partial charge >= 0.3 is 11.8 Å². The van der Waals surface area contributed by atoms with Gasteiger partial charge in [0.1, 0.15) is 11.2 Å². The summed E-state index contributed by atoms with van der Waals surface area (Å²) >= 11 is 3.16. The number of carbonyl (C=O) groups excluding carboxylic acids is 1. The van der Waals surface area contributed by atoms with Crippen LogP contribution in [0.5, 0.6) is 0 Å². The van der Waals surface area contributed by atoms with Gasteiger partial charge in [-0.25, -0.2) is 14.4 Å². The minimum absolute atomic E-state index is 0.0101. The summed E-state index contributed by atoms with van der Waals surface area (Å²) in [6.45, 7) is 0.0101. The van der Waals surface area contributed by atoms with Crippen LogP contribution in [0.3, 0.4) is 0 Å². The van der Waals surface area contributed by atoms with Crippen LogP contribution >= 0.6 is 15.9 Å². The van der Waals surface area contributed by atoms with Crippen molar-refractivity contribution < 1.29 is 13.6 Å². The molecule has 11 heteroatoms. The lowest BCUT2D eigenvalue weighted by atomic mass is 10.2. The molecule has 166 valence electrons. The molecule has 0 aliphatic heterocycles. The van der Waals surface area contributed by atoms with Crippen molar-refractivity contribution in [3.8, 4) is 0 Å². The number of pyridine rings is 2. The molecule has 9 nitrogen and oxygen atoms in total. The highest BCUT2D eigenvalue weighted by molar-refractivity contribution is 9.10. The van der Waals surface area contributed by atoms with Gasteiger partial charge in [-0.05, 0) is 52.4 Å². The summed E-state index contributed by atoms with van der Waals surface area (Å²) in [4.78, 5) is 21.2. The molecule has 1 amide bonds. The van der Waals surface area contributed by atoms with Crippen molar-refractivity contribution in [2.45, 2.75) is 31.7 Å². The lowest BCUT2D eigenvalue weighted by Gasteiger charge is -2.03. The highest BCUT2D eigenvalue weighted by Crippen LogP contribution is 2.39. The summed E-state index contributed by atoms with van der Waals surface area (Å²) in [5.41, 5.74) is 3.60. The number of nitrogens with zero attached hydrogens (tertiary/aromatic N) is 6. The van der Waals surface area contributed by atoms with E-state index in [1.54, 1.807) is 16.7 Å². The smallest absolute Gasteiger partial charge is 0.309 e. The van der Waals surface area contributed by atoms with Crippen molar-refractivity contribution in [3.63, 3.8) is 0 Å². The second-order valence-corrected chi connectivity index (χ2v) is 8.87. The van der Waals surface area contributed by atoms with E-state index in [4.69, 9.17) is 4.42 Å². The number of rotatable bonds is 6. The van der Waals surface area contributed by atoms with Crippen LogP contribution in [0.15, 0.2) is 52.0 Å². The normalized spacial score (nSPS) is 13.8. The van der Waals surface area contributed by atoms with E-state index in [0.717, 1.165) is 11.3 Å². The van der Waals surface area contributed by atoms with E-state index < -0.39 is 11.7 Å². The number of hydrogen-bond donors (Lipinski definition) is 1. The molecule has 0 radical (unpaired) electrons. The zero-order valence-corrected chi connectivity index (χ0v) is 18.8. The van der Waals surface area contributed by atoms with Gasteiger partial charge in [-0.15, -0.1) is 10.2 Å². The van der Waals surface area contributed by atoms with Gasteiger partial charge < -0.3 is 18.5 Å². The van der Waals surface area contributed by atoms with E-state index in [2.05, 4.69) is 53.7 Å². The zero-order valence-electron chi connectivity index (χ0n) is 17.2. The molecule has 1 N–H and O–H groups in total. The number of imidazole rings is 2. The summed E-state index contributed by atoms with van der Waals surface area (Å²) in [6.07, 6.45) is 9.99. The number of fused-ring (bicyclic) bond motifs is 2. The van der Waals surface area contributed by atoms with E-state index in [9.17, 15) is 9.18 Å². The van der Waals surface area contributed by atoms with Crippen LogP contribution in [0, 0.1) is 5.82 Å². The average molecular weight is 510 g/mol. The van der Waals surface area contributed by atoms with Gasteiger partial charge in [0.15, 0.2) is 5.82 Å². The third-order valence-corrected chi connectivity index (χ3v) is 6.26. The first kappa shape index (κ1) is 20.0. The van der Waals surface area contributed by atoms with Gasteiger partial charge in [0.25, 0.3) is 0 Å². The number of amides is 1. The van der Waals surface area contributed by atoms with Crippen molar-refractivity contribution in [2.75, 3.05) is 0 Å². The van der Waals surface area contributed by atoms with Crippen LogP contribution in [-0.4, -0.2) is 34.9 Å². The Kier molecular flexibility index (Phi) is 4.72. The largest absolute Gasteiger partial charge is 0.416 e. The minimum Gasteiger partial charge on any atom is -0.416 e. The van der Waals surface area contributed by atoms with E-state index in [0.29, 0.717) is 22.5 Å². The Labute approximate surface area is 194 Å². The molecule has 33 heavy (non-hydrogen) atoms. The third-order valence-electron chi connectivity index (χ3n) is 5.65. The summed E-state index contributed by atoms with van der Waals surface area (Å²) in [5, 5.41) is 10.5. The first-order chi connectivity index (χ1) is 16.0. The second-order valence-electron chi connectivity index (χ2n) is 8.02. The fourth-order valence-corrected chi connectivity index (χ4v) is 4.14. The Bertz CT molecular complexity index is 1520. The molecule has 0 aromatic carbocycles. The van der Waals surface area contributed by atoms with Gasteiger partial charge in [0.05, 0.1) is 35.2 Å². The molecular weight excluding hydrogens is 493 g/mol.